The second kappa shape index (κ2) is 64.9. The van der Waals surface area contributed by atoms with Gasteiger partial charge in [-0.2, -0.15) is 146 Å². The number of hydrogen-bond donors (Lipinski definition) is 0. The zero-order chi connectivity index (χ0) is 95.9. The van der Waals surface area contributed by atoms with Gasteiger partial charge in [-0.1, -0.05) is 226 Å². The molecule has 0 aliphatic rings. The van der Waals surface area contributed by atoms with Gasteiger partial charge in [-0.25, -0.2) is 33.4 Å². The third-order valence-corrected chi connectivity index (χ3v) is 20.0. The summed E-state index contributed by atoms with van der Waals surface area (Å²) in [5, 5.41) is 17.4. The van der Waals surface area contributed by atoms with E-state index in [0.29, 0.717) is 0 Å². The Balaban J connectivity index is 0.000000411. The van der Waals surface area contributed by atoms with Crippen molar-refractivity contribution in [2.75, 3.05) is 84.6 Å². The van der Waals surface area contributed by atoms with E-state index in [1.807, 2.05) is 256 Å². The van der Waals surface area contributed by atoms with E-state index in [2.05, 4.69) is 308 Å². The van der Waals surface area contributed by atoms with Crippen molar-refractivity contribution in [3.8, 4) is 33.4 Å². The molecular formula is C122H146N6O3Y3-6. The zero-order valence-corrected chi connectivity index (χ0v) is 94.3. The molecule has 0 atom stereocenters. The van der Waals surface area contributed by atoms with Crippen LogP contribution in [0.3, 0.4) is 0 Å². The summed E-state index contributed by atoms with van der Waals surface area (Å²) < 4.78 is 19.1. The summed E-state index contributed by atoms with van der Waals surface area (Å²) in [4.78, 5) is 13.2. The molecule has 0 amide bonds. The summed E-state index contributed by atoms with van der Waals surface area (Å²) in [6.07, 6.45) is 0. The van der Waals surface area contributed by atoms with E-state index in [1.165, 1.54) is 109 Å². The summed E-state index contributed by atoms with van der Waals surface area (Å²) in [6.45, 7) is 37.5. The Hall–Kier alpha value is -8.97. The predicted molar refractivity (Wildman–Crippen MR) is 575 cm³/mol. The van der Waals surface area contributed by atoms with Crippen LogP contribution in [0.1, 0.15) is 144 Å². The van der Waals surface area contributed by atoms with Crippen molar-refractivity contribution in [2.24, 2.45) is 0 Å². The molecule has 3 radical (unpaired) electrons. The molecule has 3 aromatic heterocycles. The minimum Gasteiger partial charge on any atom is -0.456 e. The largest absolute Gasteiger partial charge is 0.456 e. The molecule has 19 aromatic rings. The van der Waals surface area contributed by atoms with Gasteiger partial charge >= 0.3 is 0 Å². The van der Waals surface area contributed by atoms with E-state index >= 15 is 0 Å². The quantitative estimate of drug-likeness (QED) is 0.0934. The Labute approximate surface area is 881 Å². The maximum atomic E-state index is 6.52. The van der Waals surface area contributed by atoms with E-state index in [4.69, 9.17) is 13.3 Å². The van der Waals surface area contributed by atoms with Crippen molar-refractivity contribution in [3.05, 3.63) is 373 Å². The molecule has 16 aromatic carbocycles. The molecule has 19 rings (SSSR count). The van der Waals surface area contributed by atoms with Gasteiger partial charge in [-0.05, 0) is 193 Å². The van der Waals surface area contributed by atoms with Crippen LogP contribution in [-0.2, 0) is 137 Å². The maximum Gasteiger partial charge on any atom is 0.143 e. The molecule has 0 bridgehead atoms. The standard InChI is InChI=1S/C26H26N2O.2C22H24N2O.3C12H8.8C2H6.3Y/c1-27(2)15-17-13-23-25-21-11-7-5-9-19(21)18(16-28(3)4)14-24(25)29-26(23)22-12-8-6-10-20(17)22;1-23(2)13-15-9-10-18-20-12-16(14-24(3)4)17-7-5-6-8-19(17)22(20)25-21(18)11-15;1-23(2)13-15-9-10-20-19(11-15)22-18-8-6-5-7-17(18)16(14-24(3)4)12-21(22)25-20;3*1-3-7-11(8-4-1)12-9-5-2-6-10-12;8*1-2;;;/h5-14H,15-16H2,1-4H3;2*5-12H,13-14H2,1-4H3;3*1-7,9H;8*1-2H3;;;/q;;;3*-2;;;;;;;;;;;. The Morgan fingerprint density at radius 1 is 0.187 bits per heavy atom. The second-order valence-corrected chi connectivity index (χ2v) is 30.9. The molecule has 0 fully saturated rings. The Morgan fingerprint density at radius 2 is 0.433 bits per heavy atom. The van der Waals surface area contributed by atoms with Crippen molar-refractivity contribution in [1.82, 2.24) is 29.4 Å². The number of hydrogen-bond acceptors (Lipinski definition) is 9. The number of benzene rings is 16. The second-order valence-electron chi connectivity index (χ2n) is 30.9. The Morgan fingerprint density at radius 3 is 0.746 bits per heavy atom. The van der Waals surface area contributed by atoms with Gasteiger partial charge < -0.3 is 42.7 Å². The molecular weight excluding hydrogens is 1860 g/mol. The normalized spacial score (nSPS) is 10.2. The molecule has 0 aliphatic carbocycles. The van der Waals surface area contributed by atoms with Crippen molar-refractivity contribution >= 4 is 109 Å². The van der Waals surface area contributed by atoms with Crippen molar-refractivity contribution in [2.45, 2.75) is 150 Å². The minimum atomic E-state index is 0. The van der Waals surface area contributed by atoms with Gasteiger partial charge in [0.25, 0.3) is 0 Å². The topological polar surface area (TPSA) is 58.9 Å². The average molecular weight is 2010 g/mol. The molecule has 134 heavy (non-hydrogen) atoms. The van der Waals surface area contributed by atoms with Crippen molar-refractivity contribution in [3.63, 3.8) is 0 Å². The summed E-state index contributed by atoms with van der Waals surface area (Å²) >= 11 is 0. The van der Waals surface area contributed by atoms with Gasteiger partial charge in [0.05, 0.1) is 0 Å². The summed E-state index contributed by atoms with van der Waals surface area (Å²) in [6, 6.07) is 123. The number of furan rings is 3. The van der Waals surface area contributed by atoms with Gasteiger partial charge in [0, 0.05) is 180 Å². The van der Waals surface area contributed by atoms with Crippen LogP contribution in [-0.4, -0.2) is 114 Å². The fourth-order valence-electron chi connectivity index (χ4n) is 15.3. The zero-order valence-electron chi connectivity index (χ0n) is 85.8. The van der Waals surface area contributed by atoms with Gasteiger partial charge in [-0.15, -0.1) is 36.4 Å². The molecule has 697 valence electrons. The molecule has 3 heterocycles. The fourth-order valence-corrected chi connectivity index (χ4v) is 15.3. The van der Waals surface area contributed by atoms with E-state index < -0.39 is 0 Å². The number of fused-ring (bicyclic) bond motifs is 17. The molecule has 0 saturated heterocycles. The molecule has 9 nitrogen and oxygen atoms in total. The number of rotatable bonds is 15. The summed E-state index contributed by atoms with van der Waals surface area (Å²) in [5.74, 6) is 0. The average Bonchev–Trinajstić information content (AvgIpc) is 1.55. The smallest absolute Gasteiger partial charge is 0.143 e. The van der Waals surface area contributed by atoms with Crippen LogP contribution in [0.4, 0.5) is 0 Å². The van der Waals surface area contributed by atoms with E-state index in [0.717, 1.165) is 106 Å². The molecule has 12 heteroatoms. The summed E-state index contributed by atoms with van der Waals surface area (Å²) in [5.41, 5.74) is 20.3. The first kappa shape index (κ1) is 119. The van der Waals surface area contributed by atoms with E-state index in [-0.39, 0.29) is 98.1 Å². The van der Waals surface area contributed by atoms with Gasteiger partial charge in [0.1, 0.15) is 33.5 Å². The Kier molecular flexibility index (Phi) is 57.8. The van der Waals surface area contributed by atoms with Gasteiger partial charge in [0.2, 0.25) is 0 Å². The minimum absolute atomic E-state index is 0. The first-order valence-corrected chi connectivity index (χ1v) is 47.2. The summed E-state index contributed by atoms with van der Waals surface area (Å²) in [7, 11) is 25.3. The van der Waals surface area contributed by atoms with Crippen LogP contribution >= 0.6 is 0 Å². The molecule has 0 N–H and O–H groups in total. The maximum absolute atomic E-state index is 6.52. The van der Waals surface area contributed by atoms with Crippen LogP contribution in [0.2, 0.25) is 0 Å². The predicted octanol–water partition coefficient (Wildman–Crippen LogP) is 32.8. The molecule has 0 aliphatic heterocycles. The fraction of sp³-hybridized carbons (Fsp3) is 0.279. The van der Waals surface area contributed by atoms with Crippen LogP contribution in [0.15, 0.2) is 317 Å². The number of nitrogens with zero attached hydrogens (tertiary/aromatic N) is 6. The van der Waals surface area contributed by atoms with Crippen LogP contribution in [0.5, 0.6) is 0 Å². The van der Waals surface area contributed by atoms with Gasteiger partial charge in [0.15, 0.2) is 0 Å². The van der Waals surface area contributed by atoms with Gasteiger partial charge in [-0.3, -0.25) is 0 Å². The third-order valence-electron chi connectivity index (χ3n) is 20.0. The molecule has 0 spiro atoms. The molecule has 0 saturated carbocycles. The van der Waals surface area contributed by atoms with Crippen LogP contribution < -0.4 is 0 Å². The van der Waals surface area contributed by atoms with E-state index in [1.54, 1.807) is 0 Å². The van der Waals surface area contributed by atoms with Crippen molar-refractivity contribution in [1.29, 1.82) is 0 Å². The molecule has 0 unspecified atom stereocenters. The SMILES string of the molecule is CC.CC.CC.CC.CC.CC.CC.CC.CN(C)Cc1cc2c(oc3cc(CN(C)C)c4ccccc4c32)c2ccccc12.CN(C)Cc1ccc2c(c1)oc1c3ccccc3c(CN(C)C)cc21.CN(C)Cc1ccc2oc3cc(CN(C)C)c4ccccc4c3c2c1.[Y].[Y].[Y].[c-]1ccccc1-c1[c-]cccc1.[c-]1ccccc1-c1[c-]cccc1.[c-]1ccccc1-c1[c-]cccc1. The van der Waals surface area contributed by atoms with Crippen LogP contribution in [0, 0.1) is 36.4 Å². The first-order valence-electron chi connectivity index (χ1n) is 47.2. The third kappa shape index (κ3) is 33.7. The van der Waals surface area contributed by atoms with Crippen LogP contribution in [0.25, 0.3) is 142 Å². The monoisotopic (exact) mass is 2010 g/mol. The first-order chi connectivity index (χ1) is 64.0. The van der Waals surface area contributed by atoms with Crippen molar-refractivity contribution < 1.29 is 111 Å². The Bertz CT molecular complexity index is 6140. The van der Waals surface area contributed by atoms with E-state index in [9.17, 15) is 0 Å².